The molecule has 0 N–H and O–H groups in total. The predicted molar refractivity (Wildman–Crippen MR) is 73.2 cm³/mol. The Balaban J connectivity index is 2.34. The van der Waals surface area contributed by atoms with Crippen LogP contribution in [0.25, 0.3) is 0 Å². The van der Waals surface area contributed by atoms with E-state index in [0.717, 1.165) is 6.42 Å². The maximum atomic E-state index is 12.5. The van der Waals surface area contributed by atoms with Gasteiger partial charge in [0.2, 0.25) is 10.0 Å². The average molecular weight is 288 g/mol. The zero-order valence-corrected chi connectivity index (χ0v) is 12.2. The summed E-state index contributed by atoms with van der Waals surface area (Å²) in [5, 5.41) is 0.295. The van der Waals surface area contributed by atoms with E-state index in [1.165, 1.54) is 0 Å². The van der Waals surface area contributed by atoms with Crippen molar-refractivity contribution in [1.82, 2.24) is 4.31 Å². The van der Waals surface area contributed by atoms with Gasteiger partial charge in [-0.3, -0.25) is 0 Å². The van der Waals surface area contributed by atoms with Gasteiger partial charge in [-0.25, -0.2) is 8.42 Å². The number of piperidine rings is 1. The Bertz CT molecular complexity index is 520. The summed E-state index contributed by atoms with van der Waals surface area (Å²) in [7, 11) is -3.46. The molecule has 3 nitrogen and oxygen atoms in total. The number of benzene rings is 1. The fraction of sp³-hybridized carbons (Fsp3) is 0.538. The molecule has 0 amide bonds. The van der Waals surface area contributed by atoms with E-state index in [2.05, 4.69) is 13.8 Å². The molecule has 2 atom stereocenters. The molecule has 0 spiro atoms. The maximum Gasteiger partial charge on any atom is 0.244 e. The maximum absolute atomic E-state index is 12.5. The van der Waals surface area contributed by atoms with Crippen LogP contribution in [0.4, 0.5) is 0 Å². The van der Waals surface area contributed by atoms with Crippen molar-refractivity contribution in [1.29, 1.82) is 0 Å². The molecule has 1 heterocycles. The highest BCUT2D eigenvalue weighted by Crippen LogP contribution is 2.29. The number of nitrogens with zero attached hydrogens (tertiary/aromatic N) is 1. The average Bonchev–Trinajstić information content (AvgIpc) is 2.28. The first-order valence-corrected chi connectivity index (χ1v) is 7.97. The highest BCUT2D eigenvalue weighted by molar-refractivity contribution is 7.89. The van der Waals surface area contributed by atoms with Crippen molar-refractivity contribution in [3.8, 4) is 0 Å². The minimum atomic E-state index is -3.46. The predicted octanol–water partition coefficient (Wildman–Crippen LogP) is 3.01. The summed E-state index contributed by atoms with van der Waals surface area (Å²) in [4.78, 5) is 0.216. The normalized spacial score (nSPS) is 26.2. The zero-order valence-electron chi connectivity index (χ0n) is 10.6. The summed E-state index contributed by atoms with van der Waals surface area (Å²) in [5.74, 6) is 0.789. The van der Waals surface area contributed by atoms with E-state index in [9.17, 15) is 8.42 Å². The van der Waals surface area contributed by atoms with Gasteiger partial charge >= 0.3 is 0 Å². The van der Waals surface area contributed by atoms with Gasteiger partial charge < -0.3 is 0 Å². The summed E-state index contributed by atoms with van der Waals surface area (Å²) >= 11 is 5.99. The molecule has 5 heteroatoms. The standard InChI is InChI=1S/C13H18ClNO2S/c1-10-7-11(2)9-15(8-10)18(16,17)13-6-4-3-5-12(13)14/h3-6,10-11H,7-9H2,1-2H3/t10-,11-/m0/s1. The fourth-order valence-corrected chi connectivity index (χ4v) is 4.77. The lowest BCUT2D eigenvalue weighted by molar-refractivity contribution is 0.222. The molecule has 1 aromatic carbocycles. The molecule has 1 aromatic rings. The number of rotatable bonds is 2. The minimum Gasteiger partial charge on any atom is -0.207 e. The van der Waals surface area contributed by atoms with E-state index in [4.69, 9.17) is 11.6 Å². The summed E-state index contributed by atoms with van der Waals surface area (Å²) in [6, 6.07) is 6.63. The van der Waals surface area contributed by atoms with E-state index >= 15 is 0 Å². The second-order valence-electron chi connectivity index (χ2n) is 5.20. The van der Waals surface area contributed by atoms with Crippen molar-refractivity contribution in [2.75, 3.05) is 13.1 Å². The smallest absolute Gasteiger partial charge is 0.207 e. The SMILES string of the molecule is C[C@H]1C[C@H](C)CN(S(=O)(=O)c2ccccc2Cl)C1. The molecule has 1 saturated heterocycles. The number of hydrogen-bond donors (Lipinski definition) is 0. The van der Waals surface area contributed by atoms with Crippen LogP contribution in [-0.2, 0) is 10.0 Å². The molecule has 1 fully saturated rings. The van der Waals surface area contributed by atoms with Crippen molar-refractivity contribution in [3.05, 3.63) is 29.3 Å². The molecule has 0 bridgehead atoms. The monoisotopic (exact) mass is 287 g/mol. The second kappa shape index (κ2) is 5.19. The summed E-state index contributed by atoms with van der Waals surface area (Å²) < 4.78 is 26.6. The molecular weight excluding hydrogens is 270 g/mol. The topological polar surface area (TPSA) is 37.4 Å². The van der Waals surface area contributed by atoms with Crippen molar-refractivity contribution >= 4 is 21.6 Å². The lowest BCUT2D eigenvalue weighted by atomic mass is 9.94. The Morgan fingerprint density at radius 1 is 1.17 bits per heavy atom. The Kier molecular flexibility index (Phi) is 3.99. The Hall–Kier alpha value is -0.580. The molecule has 100 valence electrons. The summed E-state index contributed by atoms with van der Waals surface area (Å²) in [6.45, 7) is 5.34. The molecular formula is C13H18ClNO2S. The molecule has 18 heavy (non-hydrogen) atoms. The first kappa shape index (κ1) is 13.8. The van der Waals surface area contributed by atoms with Gasteiger partial charge in [-0.2, -0.15) is 4.31 Å². The lowest BCUT2D eigenvalue weighted by Gasteiger charge is -2.34. The van der Waals surface area contributed by atoms with Crippen LogP contribution in [0.2, 0.25) is 5.02 Å². The Morgan fingerprint density at radius 2 is 1.72 bits per heavy atom. The number of sulfonamides is 1. The second-order valence-corrected chi connectivity index (χ2v) is 7.51. The molecule has 0 saturated carbocycles. The third-order valence-corrected chi connectivity index (χ3v) is 5.62. The molecule has 1 aliphatic heterocycles. The number of hydrogen-bond acceptors (Lipinski definition) is 2. The third-order valence-electron chi connectivity index (χ3n) is 3.29. The van der Waals surface area contributed by atoms with Crippen LogP contribution in [0.3, 0.4) is 0 Å². The van der Waals surface area contributed by atoms with E-state index in [1.807, 2.05) is 0 Å². The van der Waals surface area contributed by atoms with Gasteiger partial charge in [0.15, 0.2) is 0 Å². The van der Waals surface area contributed by atoms with Crippen molar-refractivity contribution in [2.45, 2.75) is 25.2 Å². The minimum absolute atomic E-state index is 0.216. The van der Waals surface area contributed by atoms with Gasteiger partial charge in [-0.05, 0) is 30.4 Å². The van der Waals surface area contributed by atoms with Crippen LogP contribution in [0, 0.1) is 11.8 Å². The highest BCUT2D eigenvalue weighted by atomic mass is 35.5. The van der Waals surface area contributed by atoms with Crippen LogP contribution >= 0.6 is 11.6 Å². The molecule has 1 aliphatic rings. The van der Waals surface area contributed by atoms with Gasteiger partial charge in [-0.1, -0.05) is 37.6 Å². The highest BCUT2D eigenvalue weighted by Gasteiger charge is 2.32. The van der Waals surface area contributed by atoms with Crippen LogP contribution in [-0.4, -0.2) is 25.8 Å². The lowest BCUT2D eigenvalue weighted by Crippen LogP contribution is -2.42. The molecule has 0 aliphatic carbocycles. The van der Waals surface area contributed by atoms with E-state index < -0.39 is 10.0 Å². The van der Waals surface area contributed by atoms with Gasteiger partial charge in [0.05, 0.1) is 5.02 Å². The van der Waals surface area contributed by atoms with Crippen LogP contribution < -0.4 is 0 Å². The van der Waals surface area contributed by atoms with Gasteiger partial charge in [0.25, 0.3) is 0 Å². The summed E-state index contributed by atoms with van der Waals surface area (Å²) in [5.41, 5.74) is 0. The first-order valence-electron chi connectivity index (χ1n) is 6.16. The van der Waals surface area contributed by atoms with Crippen LogP contribution in [0.5, 0.6) is 0 Å². The van der Waals surface area contributed by atoms with Gasteiger partial charge in [0, 0.05) is 13.1 Å². The molecule has 0 radical (unpaired) electrons. The summed E-state index contributed by atoms with van der Waals surface area (Å²) in [6.07, 6.45) is 1.08. The molecule has 0 aromatic heterocycles. The van der Waals surface area contributed by atoms with E-state index in [1.54, 1.807) is 28.6 Å². The van der Waals surface area contributed by atoms with Gasteiger partial charge in [-0.15, -0.1) is 0 Å². The Morgan fingerprint density at radius 3 is 2.28 bits per heavy atom. The largest absolute Gasteiger partial charge is 0.244 e. The van der Waals surface area contributed by atoms with E-state index in [0.29, 0.717) is 29.9 Å². The van der Waals surface area contributed by atoms with Crippen LogP contribution in [0.1, 0.15) is 20.3 Å². The van der Waals surface area contributed by atoms with E-state index in [-0.39, 0.29) is 4.90 Å². The first-order chi connectivity index (χ1) is 8.41. The molecule has 0 unspecified atom stereocenters. The third kappa shape index (κ3) is 2.71. The van der Waals surface area contributed by atoms with Crippen LogP contribution in [0.15, 0.2) is 29.2 Å². The van der Waals surface area contributed by atoms with Crippen molar-refractivity contribution < 1.29 is 8.42 Å². The zero-order chi connectivity index (χ0) is 13.3. The quantitative estimate of drug-likeness (QED) is 0.838. The van der Waals surface area contributed by atoms with Crippen molar-refractivity contribution in [2.24, 2.45) is 11.8 Å². The molecule has 2 rings (SSSR count). The number of halogens is 1. The van der Waals surface area contributed by atoms with Gasteiger partial charge in [0.1, 0.15) is 4.90 Å². The van der Waals surface area contributed by atoms with Crippen molar-refractivity contribution in [3.63, 3.8) is 0 Å². The fourth-order valence-electron chi connectivity index (χ4n) is 2.60. The Labute approximate surface area is 114 Å².